The van der Waals surface area contributed by atoms with Gasteiger partial charge in [0.1, 0.15) is 23.1 Å². The quantitative estimate of drug-likeness (QED) is 0.764. The van der Waals surface area contributed by atoms with Crippen LogP contribution in [0.15, 0.2) is 66.4 Å². The SMILES string of the molecule is O=C(CCN1CC=C(Oc2ccccc2)CC1)Cc1ccc(F)cc1. The van der Waals surface area contributed by atoms with E-state index in [1.54, 1.807) is 12.1 Å². The number of halogens is 1. The van der Waals surface area contributed by atoms with E-state index >= 15 is 0 Å². The van der Waals surface area contributed by atoms with Crippen LogP contribution < -0.4 is 4.74 Å². The third kappa shape index (κ3) is 5.54. The van der Waals surface area contributed by atoms with Crippen LogP contribution in [0.25, 0.3) is 0 Å². The summed E-state index contributed by atoms with van der Waals surface area (Å²) in [5, 5.41) is 0. The summed E-state index contributed by atoms with van der Waals surface area (Å²) in [5.41, 5.74) is 0.864. The number of para-hydroxylation sites is 1. The molecule has 1 aliphatic rings. The van der Waals surface area contributed by atoms with E-state index in [-0.39, 0.29) is 11.6 Å². The number of Topliss-reactive ketones (excluding diaryl/α,β-unsaturated/α-hetero) is 1. The van der Waals surface area contributed by atoms with Crippen LogP contribution in [0.4, 0.5) is 4.39 Å². The molecule has 1 heterocycles. The molecule has 4 heteroatoms. The van der Waals surface area contributed by atoms with E-state index in [0.29, 0.717) is 12.8 Å². The van der Waals surface area contributed by atoms with Crippen molar-refractivity contribution in [2.45, 2.75) is 19.3 Å². The molecule has 3 nitrogen and oxygen atoms in total. The molecule has 0 bridgehead atoms. The molecule has 0 fully saturated rings. The van der Waals surface area contributed by atoms with E-state index < -0.39 is 0 Å². The lowest BCUT2D eigenvalue weighted by atomic mass is 10.1. The molecule has 0 aromatic heterocycles. The van der Waals surface area contributed by atoms with Crippen LogP contribution >= 0.6 is 0 Å². The van der Waals surface area contributed by atoms with Gasteiger partial charge in [-0.25, -0.2) is 4.39 Å². The Morgan fingerprint density at radius 3 is 2.52 bits per heavy atom. The predicted molar refractivity (Wildman–Crippen MR) is 95.9 cm³/mol. The van der Waals surface area contributed by atoms with E-state index in [1.807, 2.05) is 30.3 Å². The van der Waals surface area contributed by atoms with Crippen molar-refractivity contribution in [1.82, 2.24) is 4.90 Å². The third-order valence-electron chi connectivity index (χ3n) is 4.27. The summed E-state index contributed by atoms with van der Waals surface area (Å²) >= 11 is 0. The third-order valence-corrected chi connectivity index (χ3v) is 4.27. The fourth-order valence-electron chi connectivity index (χ4n) is 2.83. The largest absolute Gasteiger partial charge is 0.462 e. The zero-order valence-corrected chi connectivity index (χ0v) is 14.2. The zero-order chi connectivity index (χ0) is 17.5. The molecule has 0 aliphatic carbocycles. The summed E-state index contributed by atoms with van der Waals surface area (Å²) in [6.45, 7) is 2.43. The fraction of sp³-hybridized carbons (Fsp3) is 0.286. The number of hydrogen-bond acceptors (Lipinski definition) is 3. The Morgan fingerprint density at radius 2 is 1.84 bits per heavy atom. The lowest BCUT2D eigenvalue weighted by Crippen LogP contribution is -2.31. The number of benzene rings is 2. The number of ketones is 1. The number of carbonyl (C=O) groups excluding carboxylic acids is 1. The maximum atomic E-state index is 12.9. The maximum absolute atomic E-state index is 12.9. The molecular formula is C21H22FNO2. The summed E-state index contributed by atoms with van der Waals surface area (Å²) in [5.74, 6) is 1.75. The number of nitrogens with zero attached hydrogens (tertiary/aromatic N) is 1. The Balaban J connectivity index is 1.41. The second kappa shape index (κ2) is 8.58. The van der Waals surface area contributed by atoms with Crippen molar-refractivity contribution in [1.29, 1.82) is 0 Å². The molecule has 0 amide bonds. The highest BCUT2D eigenvalue weighted by Gasteiger charge is 2.14. The molecule has 1 aliphatic heterocycles. The van der Waals surface area contributed by atoms with Crippen molar-refractivity contribution >= 4 is 5.78 Å². The molecule has 0 saturated heterocycles. The van der Waals surface area contributed by atoms with Gasteiger partial charge in [0.05, 0.1) is 0 Å². The minimum atomic E-state index is -0.273. The van der Waals surface area contributed by atoms with Crippen molar-refractivity contribution in [3.05, 3.63) is 77.8 Å². The van der Waals surface area contributed by atoms with E-state index in [4.69, 9.17) is 4.74 Å². The van der Waals surface area contributed by atoms with Gasteiger partial charge in [0.25, 0.3) is 0 Å². The van der Waals surface area contributed by atoms with Crippen molar-refractivity contribution in [2.75, 3.05) is 19.6 Å². The van der Waals surface area contributed by atoms with Gasteiger partial charge in [-0.1, -0.05) is 30.3 Å². The Kier molecular flexibility index (Phi) is 5.96. The molecule has 2 aromatic rings. The Labute approximate surface area is 147 Å². The fourth-order valence-corrected chi connectivity index (χ4v) is 2.83. The van der Waals surface area contributed by atoms with Crippen LogP contribution in [-0.2, 0) is 11.2 Å². The second-order valence-corrected chi connectivity index (χ2v) is 6.23. The molecule has 2 aromatic carbocycles. The number of hydrogen-bond donors (Lipinski definition) is 0. The minimum Gasteiger partial charge on any atom is -0.462 e. The van der Waals surface area contributed by atoms with E-state index in [1.165, 1.54) is 12.1 Å². The lowest BCUT2D eigenvalue weighted by Gasteiger charge is -2.25. The molecule has 0 spiro atoms. The van der Waals surface area contributed by atoms with Gasteiger partial charge in [-0.15, -0.1) is 0 Å². The van der Waals surface area contributed by atoms with Gasteiger partial charge < -0.3 is 4.74 Å². The first-order chi connectivity index (χ1) is 12.2. The molecule has 0 saturated carbocycles. The molecule has 25 heavy (non-hydrogen) atoms. The van der Waals surface area contributed by atoms with Crippen molar-refractivity contribution in [3.8, 4) is 5.75 Å². The van der Waals surface area contributed by atoms with Crippen LogP contribution in [0.2, 0.25) is 0 Å². The van der Waals surface area contributed by atoms with Gasteiger partial charge in [-0.2, -0.15) is 0 Å². The summed E-state index contributed by atoms with van der Waals surface area (Å²) in [7, 11) is 0. The summed E-state index contributed by atoms with van der Waals surface area (Å²) in [6.07, 6.45) is 3.81. The highest BCUT2D eigenvalue weighted by Crippen LogP contribution is 2.18. The summed E-state index contributed by atoms with van der Waals surface area (Å²) in [4.78, 5) is 14.3. The normalized spacial score (nSPS) is 14.8. The van der Waals surface area contributed by atoms with Crippen molar-refractivity contribution in [3.63, 3.8) is 0 Å². The van der Waals surface area contributed by atoms with Crippen LogP contribution in [0.1, 0.15) is 18.4 Å². The van der Waals surface area contributed by atoms with Gasteiger partial charge in [0, 0.05) is 38.9 Å². The molecule has 130 valence electrons. The lowest BCUT2D eigenvalue weighted by molar-refractivity contribution is -0.118. The average Bonchev–Trinajstić information content (AvgIpc) is 2.64. The highest BCUT2D eigenvalue weighted by molar-refractivity contribution is 5.81. The van der Waals surface area contributed by atoms with Gasteiger partial charge in [0.2, 0.25) is 0 Å². The van der Waals surface area contributed by atoms with Crippen LogP contribution in [0.5, 0.6) is 5.75 Å². The van der Waals surface area contributed by atoms with Crippen molar-refractivity contribution in [2.24, 2.45) is 0 Å². The van der Waals surface area contributed by atoms with E-state index in [9.17, 15) is 9.18 Å². The molecule has 0 radical (unpaired) electrons. The minimum absolute atomic E-state index is 0.182. The zero-order valence-electron chi connectivity index (χ0n) is 14.2. The Bertz CT molecular complexity index is 725. The summed E-state index contributed by atoms with van der Waals surface area (Å²) < 4.78 is 18.7. The van der Waals surface area contributed by atoms with Crippen LogP contribution in [0.3, 0.4) is 0 Å². The standard InChI is InChI=1S/C21H22FNO2/c22-18-8-6-17(7-9-18)16-19(24)10-13-23-14-11-21(12-15-23)25-20-4-2-1-3-5-20/h1-9,11H,10,12-16H2. The van der Waals surface area contributed by atoms with Gasteiger partial charge in [-0.3, -0.25) is 9.69 Å². The topological polar surface area (TPSA) is 29.5 Å². The molecule has 0 atom stereocenters. The van der Waals surface area contributed by atoms with E-state index in [2.05, 4.69) is 11.0 Å². The van der Waals surface area contributed by atoms with Crippen LogP contribution in [0, 0.1) is 5.82 Å². The van der Waals surface area contributed by atoms with Gasteiger partial charge >= 0.3 is 0 Å². The van der Waals surface area contributed by atoms with Gasteiger partial charge in [-0.05, 0) is 35.9 Å². The van der Waals surface area contributed by atoms with E-state index in [0.717, 1.165) is 43.1 Å². The first-order valence-corrected chi connectivity index (χ1v) is 8.59. The Morgan fingerprint density at radius 1 is 1.08 bits per heavy atom. The Hall–Kier alpha value is -2.46. The number of carbonyl (C=O) groups is 1. The molecule has 3 rings (SSSR count). The molecule has 0 unspecified atom stereocenters. The first-order valence-electron chi connectivity index (χ1n) is 8.59. The number of rotatable bonds is 7. The number of ether oxygens (including phenoxy) is 1. The highest BCUT2D eigenvalue weighted by atomic mass is 19.1. The molecular weight excluding hydrogens is 317 g/mol. The van der Waals surface area contributed by atoms with Crippen LogP contribution in [-0.4, -0.2) is 30.3 Å². The van der Waals surface area contributed by atoms with Crippen molar-refractivity contribution < 1.29 is 13.9 Å². The summed E-state index contributed by atoms with van der Waals surface area (Å²) in [6, 6.07) is 15.9. The average molecular weight is 339 g/mol. The monoisotopic (exact) mass is 339 g/mol. The maximum Gasteiger partial charge on any atom is 0.138 e. The predicted octanol–water partition coefficient (Wildman–Crippen LogP) is 4.00. The van der Waals surface area contributed by atoms with Gasteiger partial charge in [0.15, 0.2) is 0 Å². The molecule has 0 N–H and O–H groups in total. The first kappa shape index (κ1) is 17.4. The smallest absolute Gasteiger partial charge is 0.138 e. The second-order valence-electron chi connectivity index (χ2n) is 6.23.